The average molecular weight is 387 g/mol. The van der Waals surface area contributed by atoms with Gasteiger partial charge in [0, 0.05) is 12.2 Å². The van der Waals surface area contributed by atoms with Gasteiger partial charge in [0.05, 0.1) is 30.2 Å². The molecule has 0 radical (unpaired) electrons. The van der Waals surface area contributed by atoms with Crippen LogP contribution in [-0.2, 0) is 11.2 Å². The van der Waals surface area contributed by atoms with Crippen LogP contribution < -0.4 is 10.2 Å². The van der Waals surface area contributed by atoms with Crippen LogP contribution in [0.2, 0.25) is 0 Å². The Hall–Kier alpha value is -3.67. The van der Waals surface area contributed by atoms with Crippen molar-refractivity contribution in [2.24, 2.45) is 0 Å². The van der Waals surface area contributed by atoms with Crippen molar-refractivity contribution in [1.82, 2.24) is 4.98 Å². The molecule has 0 atom stereocenters. The predicted octanol–water partition coefficient (Wildman–Crippen LogP) is 4.20. The van der Waals surface area contributed by atoms with Crippen molar-refractivity contribution < 1.29 is 14.3 Å². The number of para-hydroxylation sites is 2. The van der Waals surface area contributed by atoms with E-state index < -0.39 is 5.97 Å². The second-order valence-electron chi connectivity index (χ2n) is 6.78. The summed E-state index contributed by atoms with van der Waals surface area (Å²) in [5.41, 5.74) is 4.41. The van der Waals surface area contributed by atoms with Crippen LogP contribution in [0.1, 0.15) is 32.8 Å². The number of carbonyl (C=O) groups excluding carboxylic acids is 2. The van der Waals surface area contributed by atoms with Crippen molar-refractivity contribution in [2.75, 3.05) is 23.9 Å². The normalized spacial score (nSPS) is 12.8. The standard InChI is InChI=1S/C23H21N3O3/c1-29-23(28)18-9-3-4-10-19(18)25-22(27)20-13-12-17(15-24-20)26-14-6-8-16-7-2-5-11-21(16)26/h2-5,7,9-13,15H,6,8,14H2,1H3,(H,25,27). The molecule has 0 spiro atoms. The van der Waals surface area contributed by atoms with Crippen molar-refractivity contribution in [3.8, 4) is 0 Å². The Balaban J connectivity index is 1.54. The first-order valence-electron chi connectivity index (χ1n) is 9.47. The molecule has 0 saturated heterocycles. The molecule has 3 aromatic rings. The molecule has 1 N–H and O–H groups in total. The number of aryl methyl sites for hydroxylation is 1. The highest BCUT2D eigenvalue weighted by molar-refractivity contribution is 6.07. The van der Waals surface area contributed by atoms with Gasteiger partial charge >= 0.3 is 5.97 Å². The molecule has 1 aromatic heterocycles. The van der Waals surface area contributed by atoms with Crippen LogP contribution in [0.15, 0.2) is 66.9 Å². The molecule has 4 rings (SSSR count). The molecule has 6 nitrogen and oxygen atoms in total. The van der Waals surface area contributed by atoms with Gasteiger partial charge in [-0.15, -0.1) is 0 Å². The minimum absolute atomic E-state index is 0.277. The van der Waals surface area contributed by atoms with Gasteiger partial charge in [-0.3, -0.25) is 4.79 Å². The van der Waals surface area contributed by atoms with Gasteiger partial charge in [0.1, 0.15) is 5.69 Å². The quantitative estimate of drug-likeness (QED) is 0.679. The molecule has 0 aliphatic carbocycles. The third-order valence-corrected chi connectivity index (χ3v) is 4.98. The van der Waals surface area contributed by atoms with Crippen LogP contribution in [0, 0.1) is 0 Å². The summed E-state index contributed by atoms with van der Waals surface area (Å²) in [5.74, 6) is -0.889. The maximum absolute atomic E-state index is 12.6. The average Bonchev–Trinajstić information content (AvgIpc) is 2.78. The van der Waals surface area contributed by atoms with E-state index in [1.165, 1.54) is 18.4 Å². The highest BCUT2D eigenvalue weighted by Crippen LogP contribution is 2.32. The van der Waals surface area contributed by atoms with Crippen molar-refractivity contribution in [2.45, 2.75) is 12.8 Å². The molecule has 146 valence electrons. The molecule has 0 unspecified atom stereocenters. The molecule has 1 aliphatic heterocycles. The van der Waals surface area contributed by atoms with E-state index >= 15 is 0 Å². The van der Waals surface area contributed by atoms with Gasteiger partial charge in [0.25, 0.3) is 5.91 Å². The van der Waals surface area contributed by atoms with Crippen molar-refractivity contribution in [3.63, 3.8) is 0 Å². The molecule has 0 fully saturated rings. The number of methoxy groups -OCH3 is 1. The molecular formula is C23H21N3O3. The number of hydrogen-bond donors (Lipinski definition) is 1. The lowest BCUT2D eigenvalue weighted by Gasteiger charge is -2.31. The molecule has 0 bridgehead atoms. The van der Waals surface area contributed by atoms with E-state index in [1.54, 1.807) is 36.5 Å². The van der Waals surface area contributed by atoms with E-state index in [0.717, 1.165) is 25.1 Å². The lowest BCUT2D eigenvalue weighted by Crippen LogP contribution is -2.24. The zero-order valence-electron chi connectivity index (χ0n) is 16.1. The van der Waals surface area contributed by atoms with Crippen LogP contribution >= 0.6 is 0 Å². The summed E-state index contributed by atoms with van der Waals surface area (Å²) in [6.07, 6.45) is 3.85. The molecule has 0 saturated carbocycles. The van der Waals surface area contributed by atoms with Gasteiger partial charge in [0.15, 0.2) is 0 Å². The number of nitrogens with one attached hydrogen (secondary N) is 1. The molecule has 1 amide bonds. The monoisotopic (exact) mass is 387 g/mol. The Kier molecular flexibility index (Phi) is 5.24. The Labute approximate surface area is 169 Å². The van der Waals surface area contributed by atoms with Crippen LogP contribution in [0.4, 0.5) is 17.1 Å². The number of rotatable bonds is 4. The number of benzene rings is 2. The minimum Gasteiger partial charge on any atom is -0.465 e. The number of nitrogens with zero attached hydrogens (tertiary/aromatic N) is 2. The molecule has 2 heterocycles. The topological polar surface area (TPSA) is 71.5 Å². The second-order valence-corrected chi connectivity index (χ2v) is 6.78. The van der Waals surface area contributed by atoms with Gasteiger partial charge in [-0.2, -0.15) is 0 Å². The first-order chi connectivity index (χ1) is 14.2. The smallest absolute Gasteiger partial charge is 0.339 e. The van der Waals surface area contributed by atoms with Gasteiger partial charge in [-0.1, -0.05) is 30.3 Å². The molecule has 29 heavy (non-hydrogen) atoms. The minimum atomic E-state index is -0.507. The van der Waals surface area contributed by atoms with Crippen molar-refractivity contribution in [1.29, 1.82) is 0 Å². The largest absolute Gasteiger partial charge is 0.465 e. The van der Waals surface area contributed by atoms with Gasteiger partial charge in [0.2, 0.25) is 0 Å². The van der Waals surface area contributed by atoms with E-state index in [1.807, 2.05) is 12.1 Å². The summed E-state index contributed by atoms with van der Waals surface area (Å²) in [4.78, 5) is 31.1. The first-order valence-corrected chi connectivity index (χ1v) is 9.47. The van der Waals surface area contributed by atoms with E-state index in [0.29, 0.717) is 11.3 Å². The summed E-state index contributed by atoms with van der Waals surface area (Å²) in [7, 11) is 1.31. The van der Waals surface area contributed by atoms with E-state index in [4.69, 9.17) is 4.74 Å². The highest BCUT2D eigenvalue weighted by Gasteiger charge is 2.19. The number of ether oxygens (including phenoxy) is 1. The third kappa shape index (κ3) is 3.82. The summed E-state index contributed by atoms with van der Waals surface area (Å²) in [6.45, 7) is 0.913. The summed E-state index contributed by atoms with van der Waals surface area (Å²) < 4.78 is 4.76. The van der Waals surface area contributed by atoms with Crippen LogP contribution in [-0.4, -0.2) is 30.5 Å². The number of anilines is 3. The highest BCUT2D eigenvalue weighted by atomic mass is 16.5. The predicted molar refractivity (Wildman–Crippen MR) is 112 cm³/mol. The zero-order valence-corrected chi connectivity index (χ0v) is 16.1. The fourth-order valence-corrected chi connectivity index (χ4v) is 3.55. The van der Waals surface area contributed by atoms with E-state index in [-0.39, 0.29) is 11.6 Å². The number of carbonyl (C=O) groups is 2. The fraction of sp³-hybridized carbons (Fsp3) is 0.174. The number of hydrogen-bond acceptors (Lipinski definition) is 5. The van der Waals surface area contributed by atoms with Gasteiger partial charge in [-0.05, 0) is 48.7 Å². The lowest BCUT2D eigenvalue weighted by molar-refractivity contribution is 0.0602. The molecular weight excluding hydrogens is 366 g/mol. The third-order valence-electron chi connectivity index (χ3n) is 4.98. The van der Waals surface area contributed by atoms with Crippen LogP contribution in [0.3, 0.4) is 0 Å². The second kappa shape index (κ2) is 8.14. The fourth-order valence-electron chi connectivity index (χ4n) is 3.55. The van der Waals surface area contributed by atoms with Crippen LogP contribution in [0.25, 0.3) is 0 Å². The van der Waals surface area contributed by atoms with Crippen molar-refractivity contribution in [3.05, 3.63) is 83.7 Å². The number of pyridine rings is 1. The van der Waals surface area contributed by atoms with Gasteiger partial charge in [-0.25, -0.2) is 9.78 Å². The zero-order chi connectivity index (χ0) is 20.2. The Morgan fingerprint density at radius 1 is 1.03 bits per heavy atom. The molecule has 1 aliphatic rings. The van der Waals surface area contributed by atoms with E-state index in [2.05, 4.69) is 33.4 Å². The maximum Gasteiger partial charge on any atom is 0.339 e. The Morgan fingerprint density at radius 3 is 2.62 bits per heavy atom. The number of amides is 1. The molecule has 2 aromatic carbocycles. The summed E-state index contributed by atoms with van der Waals surface area (Å²) >= 11 is 0. The van der Waals surface area contributed by atoms with Crippen molar-refractivity contribution >= 4 is 28.9 Å². The summed E-state index contributed by atoms with van der Waals surface area (Å²) in [5, 5.41) is 2.74. The van der Waals surface area contributed by atoms with Gasteiger partial charge < -0.3 is 15.0 Å². The number of aromatic nitrogens is 1. The van der Waals surface area contributed by atoms with E-state index in [9.17, 15) is 9.59 Å². The molecule has 6 heteroatoms. The lowest BCUT2D eigenvalue weighted by atomic mass is 10.0. The Morgan fingerprint density at radius 2 is 1.83 bits per heavy atom. The number of esters is 1. The van der Waals surface area contributed by atoms with Crippen LogP contribution in [0.5, 0.6) is 0 Å². The number of fused-ring (bicyclic) bond motifs is 1. The first kappa shape index (κ1) is 18.7. The maximum atomic E-state index is 12.6. The SMILES string of the molecule is COC(=O)c1ccccc1NC(=O)c1ccc(N2CCCc3ccccc32)cn1. The summed E-state index contributed by atoms with van der Waals surface area (Å²) in [6, 6.07) is 18.7. The Bertz CT molecular complexity index is 1050.